The molecule has 34 heavy (non-hydrogen) atoms. The van der Waals surface area contributed by atoms with E-state index in [0.717, 1.165) is 0 Å². The molecule has 5 rings (SSSR count). The number of nitrogens with zero attached hydrogens (tertiary/aromatic N) is 1. The molecule has 1 saturated heterocycles. The molecule has 1 aromatic heterocycles. The molecule has 3 aliphatic carbocycles. The molecule has 3 fully saturated rings. The van der Waals surface area contributed by atoms with Gasteiger partial charge in [-0.25, -0.2) is 26.7 Å². The number of fused-ring (bicyclic) bond motifs is 2. The average molecular weight is 490 g/mol. The second kappa shape index (κ2) is 7.99. The van der Waals surface area contributed by atoms with Crippen LogP contribution < -0.4 is 17.0 Å². The number of alkyl halides is 4. The van der Waals surface area contributed by atoms with E-state index in [9.17, 15) is 27.2 Å². The summed E-state index contributed by atoms with van der Waals surface area (Å²) in [6.07, 6.45) is -3.24. The van der Waals surface area contributed by atoms with Gasteiger partial charge < -0.3 is 15.5 Å². The molecule has 1 aromatic rings. The predicted molar refractivity (Wildman–Crippen MR) is 112 cm³/mol. The first-order valence-electron chi connectivity index (χ1n) is 11.5. The second-order valence-electron chi connectivity index (χ2n) is 9.95. The Morgan fingerprint density at radius 1 is 1.15 bits per heavy atom. The lowest BCUT2D eigenvalue weighted by Crippen LogP contribution is -2.59. The number of allylic oxidation sites excluding steroid dienone is 1. The lowest BCUT2D eigenvalue weighted by atomic mass is 9.74. The third-order valence-electron chi connectivity index (χ3n) is 8.19. The van der Waals surface area contributed by atoms with Crippen LogP contribution in [0.15, 0.2) is 15.4 Å². The van der Waals surface area contributed by atoms with Crippen LogP contribution >= 0.6 is 0 Å². The Hall–Kier alpha value is -2.05. The van der Waals surface area contributed by atoms with E-state index in [1.54, 1.807) is 4.90 Å². The SMILES string of the molecule is COC1c2[nH]c(=O)[nH]c(=O)c2C(C(F)F)=C(F)C1(C1CC1)N1CC2CCCC(F)(F)C(N)C2C1. The van der Waals surface area contributed by atoms with Gasteiger partial charge in [0.1, 0.15) is 17.5 Å². The van der Waals surface area contributed by atoms with Gasteiger partial charge in [-0.15, -0.1) is 0 Å². The van der Waals surface area contributed by atoms with Gasteiger partial charge in [0.05, 0.1) is 22.9 Å². The van der Waals surface area contributed by atoms with Crippen molar-refractivity contribution in [2.75, 3.05) is 20.2 Å². The molecule has 5 atom stereocenters. The van der Waals surface area contributed by atoms with Gasteiger partial charge in [0.15, 0.2) is 0 Å². The number of rotatable bonds is 4. The maximum absolute atomic E-state index is 16.4. The molecule has 0 radical (unpaired) electrons. The zero-order valence-electron chi connectivity index (χ0n) is 18.6. The highest BCUT2D eigenvalue weighted by Gasteiger charge is 2.65. The fourth-order valence-electron chi connectivity index (χ4n) is 6.60. The molecular weight excluding hydrogens is 463 g/mol. The molecule has 2 heterocycles. The molecule has 0 amide bonds. The quantitative estimate of drug-likeness (QED) is 0.563. The van der Waals surface area contributed by atoms with E-state index in [-0.39, 0.29) is 37.5 Å². The van der Waals surface area contributed by atoms with Gasteiger partial charge in [-0.05, 0) is 43.4 Å². The maximum atomic E-state index is 16.4. The van der Waals surface area contributed by atoms with Crippen LogP contribution in [0.1, 0.15) is 49.5 Å². The van der Waals surface area contributed by atoms with Crippen molar-refractivity contribution in [3.8, 4) is 0 Å². The van der Waals surface area contributed by atoms with Gasteiger partial charge in [-0.3, -0.25) is 14.7 Å². The Morgan fingerprint density at radius 2 is 1.85 bits per heavy atom. The van der Waals surface area contributed by atoms with Crippen molar-refractivity contribution in [1.29, 1.82) is 0 Å². The van der Waals surface area contributed by atoms with Crippen molar-refractivity contribution in [1.82, 2.24) is 14.9 Å². The maximum Gasteiger partial charge on any atom is 0.326 e. The van der Waals surface area contributed by atoms with Crippen LogP contribution in [0, 0.1) is 17.8 Å². The molecule has 0 bridgehead atoms. The number of methoxy groups -OCH3 is 1. The zero-order valence-corrected chi connectivity index (χ0v) is 18.6. The minimum absolute atomic E-state index is 0.0233. The molecule has 0 aromatic carbocycles. The van der Waals surface area contributed by atoms with E-state index in [1.807, 2.05) is 4.98 Å². The van der Waals surface area contributed by atoms with Gasteiger partial charge in [0, 0.05) is 26.6 Å². The Kier molecular flexibility index (Phi) is 5.56. The third kappa shape index (κ3) is 3.25. The fraction of sp³-hybridized carbons (Fsp3) is 0.727. The zero-order chi connectivity index (χ0) is 24.6. The third-order valence-corrected chi connectivity index (χ3v) is 8.19. The minimum Gasteiger partial charge on any atom is -0.373 e. The monoisotopic (exact) mass is 490 g/mol. The summed E-state index contributed by atoms with van der Waals surface area (Å²) in [4.78, 5) is 30.5. The Morgan fingerprint density at radius 3 is 2.47 bits per heavy atom. The highest BCUT2D eigenvalue weighted by atomic mass is 19.3. The summed E-state index contributed by atoms with van der Waals surface area (Å²) < 4.78 is 79.7. The second-order valence-corrected chi connectivity index (χ2v) is 9.95. The summed E-state index contributed by atoms with van der Waals surface area (Å²) in [5.74, 6) is -5.66. The van der Waals surface area contributed by atoms with Gasteiger partial charge in [-0.1, -0.05) is 0 Å². The number of ether oxygens (including phenoxy) is 1. The number of nitrogens with two attached hydrogens (primary N) is 1. The highest BCUT2D eigenvalue weighted by Crippen LogP contribution is 2.61. The van der Waals surface area contributed by atoms with E-state index in [2.05, 4.69) is 4.98 Å². The van der Waals surface area contributed by atoms with E-state index in [4.69, 9.17) is 10.5 Å². The Bertz CT molecular complexity index is 1130. The summed E-state index contributed by atoms with van der Waals surface area (Å²) in [6, 6.07) is -1.44. The first-order valence-corrected chi connectivity index (χ1v) is 11.5. The normalized spacial score (nSPS) is 35.9. The summed E-state index contributed by atoms with van der Waals surface area (Å²) in [7, 11) is 1.25. The van der Waals surface area contributed by atoms with Crippen LogP contribution in [0.25, 0.3) is 5.57 Å². The van der Waals surface area contributed by atoms with Crippen molar-refractivity contribution in [2.24, 2.45) is 23.5 Å². The summed E-state index contributed by atoms with van der Waals surface area (Å²) in [6.45, 7) is 0.155. The molecular formula is C22H27F5N4O3. The summed E-state index contributed by atoms with van der Waals surface area (Å²) in [5.41, 5.74) is 0.211. The van der Waals surface area contributed by atoms with Gasteiger partial charge in [-0.2, -0.15) is 0 Å². The molecule has 188 valence electrons. The summed E-state index contributed by atoms with van der Waals surface area (Å²) >= 11 is 0. The van der Waals surface area contributed by atoms with Crippen molar-refractivity contribution in [3.63, 3.8) is 0 Å². The van der Waals surface area contributed by atoms with Crippen LogP contribution in [0.3, 0.4) is 0 Å². The van der Waals surface area contributed by atoms with Crippen LogP contribution in [-0.2, 0) is 4.74 Å². The number of hydrogen-bond acceptors (Lipinski definition) is 5. The van der Waals surface area contributed by atoms with Crippen molar-refractivity contribution in [2.45, 2.75) is 62.1 Å². The number of halogens is 5. The highest BCUT2D eigenvalue weighted by molar-refractivity contribution is 5.75. The molecule has 5 unspecified atom stereocenters. The smallest absolute Gasteiger partial charge is 0.326 e. The largest absolute Gasteiger partial charge is 0.373 e. The molecule has 7 nitrogen and oxygen atoms in total. The molecule has 12 heteroatoms. The lowest BCUT2D eigenvalue weighted by Gasteiger charge is -2.49. The van der Waals surface area contributed by atoms with Crippen molar-refractivity contribution in [3.05, 3.63) is 37.9 Å². The number of nitrogens with one attached hydrogen (secondary N) is 2. The van der Waals surface area contributed by atoms with Crippen LogP contribution in [-0.4, -0.2) is 59.0 Å². The molecule has 0 spiro atoms. The number of aromatic amines is 2. The van der Waals surface area contributed by atoms with E-state index < -0.39 is 70.1 Å². The number of aromatic nitrogens is 2. The Balaban J connectivity index is 1.70. The Labute approximate surface area is 191 Å². The molecule has 4 N–H and O–H groups in total. The average Bonchev–Trinajstić information content (AvgIpc) is 3.53. The first kappa shape index (κ1) is 23.7. The fourth-order valence-corrected chi connectivity index (χ4v) is 6.60. The van der Waals surface area contributed by atoms with Crippen molar-refractivity contribution >= 4 is 5.57 Å². The van der Waals surface area contributed by atoms with Gasteiger partial charge >= 0.3 is 5.69 Å². The topological polar surface area (TPSA) is 104 Å². The molecule has 1 aliphatic heterocycles. The number of likely N-dealkylation sites (tertiary alicyclic amines) is 1. The van der Waals surface area contributed by atoms with Gasteiger partial charge in [0.25, 0.3) is 17.9 Å². The summed E-state index contributed by atoms with van der Waals surface area (Å²) in [5, 5.41) is 0. The number of H-pyrrole nitrogens is 2. The lowest BCUT2D eigenvalue weighted by molar-refractivity contribution is -0.0677. The standard InChI is InChI=1S/C22H27F5N4O3/c1-34-17-14-12(19(32)30-20(33)29-14)13(18(24)25)15(23)22(17,10-4-5-10)31-7-9-3-2-6-21(26,27)16(28)11(9)8-31/h9-11,16-18H,2-8,28H2,1H3,(H2,29,30,32,33). The predicted octanol–water partition coefficient (Wildman–Crippen LogP) is 2.55. The van der Waals surface area contributed by atoms with Crippen molar-refractivity contribution < 1.29 is 26.7 Å². The van der Waals surface area contributed by atoms with Crippen LogP contribution in [0.5, 0.6) is 0 Å². The van der Waals surface area contributed by atoms with Gasteiger partial charge in [0.2, 0.25) is 0 Å². The van der Waals surface area contributed by atoms with E-state index in [1.165, 1.54) is 7.11 Å². The van der Waals surface area contributed by atoms with E-state index in [0.29, 0.717) is 19.3 Å². The molecule has 2 saturated carbocycles. The van der Waals surface area contributed by atoms with Crippen LogP contribution in [0.4, 0.5) is 22.0 Å². The first-order chi connectivity index (χ1) is 16.0. The minimum atomic E-state index is -3.35. The number of hydrogen-bond donors (Lipinski definition) is 3. The molecule has 4 aliphatic rings. The van der Waals surface area contributed by atoms with E-state index >= 15 is 4.39 Å². The van der Waals surface area contributed by atoms with Crippen LogP contribution in [0.2, 0.25) is 0 Å².